The van der Waals surface area contributed by atoms with Gasteiger partial charge in [-0.25, -0.2) is 8.78 Å². The Bertz CT molecular complexity index is 364. The van der Waals surface area contributed by atoms with Crippen LogP contribution in [0.2, 0.25) is 0 Å². The first kappa shape index (κ1) is 12.9. The zero-order chi connectivity index (χ0) is 12.1. The van der Waals surface area contributed by atoms with E-state index >= 15 is 0 Å². The molecule has 1 amide bonds. The molecule has 16 heavy (non-hydrogen) atoms. The van der Waals surface area contributed by atoms with Crippen LogP contribution in [0.15, 0.2) is 18.2 Å². The molecular weight excluding hydrogens is 236 g/mol. The van der Waals surface area contributed by atoms with E-state index in [2.05, 4.69) is 5.32 Å². The van der Waals surface area contributed by atoms with Crippen molar-refractivity contribution in [3.8, 4) is 0 Å². The van der Waals surface area contributed by atoms with E-state index in [0.29, 0.717) is 12.3 Å². The average molecular weight is 248 g/mol. The zero-order valence-electron chi connectivity index (χ0n) is 8.77. The number of hydrogen-bond acceptors (Lipinski definition) is 1. The third kappa shape index (κ3) is 3.77. The Kier molecular flexibility index (Phi) is 4.68. The summed E-state index contributed by atoms with van der Waals surface area (Å²) in [6, 6.07) is 2.58. The molecule has 0 spiro atoms. The first-order chi connectivity index (χ1) is 7.52. The Morgan fingerprint density at radius 1 is 1.38 bits per heavy atom. The van der Waals surface area contributed by atoms with Crippen LogP contribution in [0.3, 0.4) is 0 Å². The highest BCUT2D eigenvalue weighted by Crippen LogP contribution is 2.08. The molecule has 88 valence electrons. The van der Waals surface area contributed by atoms with Crippen molar-refractivity contribution in [3.05, 3.63) is 35.4 Å². The molecule has 1 rings (SSSR count). The zero-order valence-corrected chi connectivity index (χ0v) is 9.52. The van der Waals surface area contributed by atoms with Crippen molar-refractivity contribution in [1.82, 2.24) is 5.32 Å². The molecular formula is C11H12ClF2NO. The van der Waals surface area contributed by atoms with Gasteiger partial charge in [0.2, 0.25) is 0 Å². The second-order valence-electron chi connectivity index (χ2n) is 3.51. The summed E-state index contributed by atoms with van der Waals surface area (Å²) in [6.07, 6.45) is 0.602. The summed E-state index contributed by atoms with van der Waals surface area (Å²) in [4.78, 5) is 11.5. The summed E-state index contributed by atoms with van der Waals surface area (Å²) in [7, 11) is 0. The Balaban J connectivity index is 2.72. The van der Waals surface area contributed by atoms with Crippen molar-refractivity contribution < 1.29 is 13.6 Å². The van der Waals surface area contributed by atoms with Crippen molar-refractivity contribution in [3.63, 3.8) is 0 Å². The average Bonchev–Trinajstić information content (AvgIpc) is 2.16. The monoisotopic (exact) mass is 247 g/mol. The van der Waals surface area contributed by atoms with Crippen LogP contribution in [-0.2, 0) is 0 Å². The molecule has 0 fully saturated rings. The number of alkyl halides is 1. The number of carbonyl (C=O) groups is 1. The predicted octanol–water partition coefficient (Wildman–Crippen LogP) is 2.71. The SMILES string of the molecule is CC(CCCl)NC(=O)c1cc(F)cc(F)c1. The van der Waals surface area contributed by atoms with Crippen LogP contribution in [0, 0.1) is 11.6 Å². The molecule has 1 aromatic rings. The third-order valence-corrected chi connectivity index (χ3v) is 2.26. The minimum absolute atomic E-state index is 0.0288. The van der Waals surface area contributed by atoms with Gasteiger partial charge in [-0.2, -0.15) is 0 Å². The fourth-order valence-corrected chi connectivity index (χ4v) is 1.56. The highest BCUT2D eigenvalue weighted by molar-refractivity contribution is 6.17. The lowest BCUT2D eigenvalue weighted by molar-refractivity contribution is 0.0938. The number of halogens is 3. The lowest BCUT2D eigenvalue weighted by atomic mass is 10.1. The number of nitrogens with one attached hydrogen (secondary N) is 1. The maximum Gasteiger partial charge on any atom is 0.251 e. The first-order valence-electron chi connectivity index (χ1n) is 4.86. The number of amides is 1. The van der Waals surface area contributed by atoms with Gasteiger partial charge in [-0.3, -0.25) is 4.79 Å². The molecule has 1 N–H and O–H groups in total. The first-order valence-corrected chi connectivity index (χ1v) is 5.39. The highest BCUT2D eigenvalue weighted by atomic mass is 35.5. The van der Waals surface area contributed by atoms with E-state index in [-0.39, 0.29) is 11.6 Å². The molecule has 0 heterocycles. The Morgan fingerprint density at radius 3 is 2.44 bits per heavy atom. The number of carbonyl (C=O) groups excluding carboxylic acids is 1. The fraction of sp³-hybridized carbons (Fsp3) is 0.364. The van der Waals surface area contributed by atoms with Crippen LogP contribution in [0.25, 0.3) is 0 Å². The van der Waals surface area contributed by atoms with E-state index in [1.165, 1.54) is 0 Å². The number of hydrogen-bond donors (Lipinski definition) is 1. The largest absolute Gasteiger partial charge is 0.350 e. The van der Waals surface area contributed by atoms with Gasteiger partial charge in [0.25, 0.3) is 5.91 Å². The van der Waals surface area contributed by atoms with Crippen molar-refractivity contribution in [1.29, 1.82) is 0 Å². The molecule has 1 aromatic carbocycles. The van der Waals surface area contributed by atoms with E-state index < -0.39 is 17.5 Å². The second kappa shape index (κ2) is 5.80. The van der Waals surface area contributed by atoms with Crippen molar-refractivity contribution >= 4 is 17.5 Å². The minimum atomic E-state index is -0.768. The third-order valence-electron chi connectivity index (χ3n) is 2.04. The molecule has 2 nitrogen and oxygen atoms in total. The van der Waals surface area contributed by atoms with Crippen molar-refractivity contribution in [2.45, 2.75) is 19.4 Å². The Hall–Kier alpha value is -1.16. The van der Waals surface area contributed by atoms with E-state index in [4.69, 9.17) is 11.6 Å². The minimum Gasteiger partial charge on any atom is -0.350 e. The topological polar surface area (TPSA) is 29.1 Å². The van der Waals surface area contributed by atoms with Gasteiger partial charge >= 0.3 is 0 Å². The van der Waals surface area contributed by atoms with Gasteiger partial charge in [-0.1, -0.05) is 0 Å². The molecule has 0 aliphatic rings. The fourth-order valence-electron chi connectivity index (χ4n) is 1.23. The molecule has 0 aliphatic carbocycles. The normalized spacial score (nSPS) is 12.2. The van der Waals surface area contributed by atoms with Gasteiger partial charge in [0.05, 0.1) is 0 Å². The van der Waals surface area contributed by atoms with Crippen LogP contribution >= 0.6 is 11.6 Å². The van der Waals surface area contributed by atoms with Crippen LogP contribution in [-0.4, -0.2) is 17.8 Å². The molecule has 0 aromatic heterocycles. The quantitative estimate of drug-likeness (QED) is 0.815. The van der Waals surface area contributed by atoms with E-state index in [1.54, 1.807) is 6.92 Å². The van der Waals surface area contributed by atoms with Gasteiger partial charge in [0.1, 0.15) is 11.6 Å². The summed E-state index contributed by atoms with van der Waals surface area (Å²) in [5, 5.41) is 2.59. The lowest BCUT2D eigenvalue weighted by Crippen LogP contribution is -2.32. The number of benzene rings is 1. The molecule has 0 saturated carbocycles. The standard InChI is InChI=1S/C11H12ClF2NO/c1-7(2-3-12)15-11(16)8-4-9(13)6-10(14)5-8/h4-7H,2-3H2,1H3,(H,15,16). The highest BCUT2D eigenvalue weighted by Gasteiger charge is 2.11. The molecule has 1 atom stereocenters. The lowest BCUT2D eigenvalue weighted by Gasteiger charge is -2.12. The Labute approximate surface area is 97.6 Å². The van der Waals surface area contributed by atoms with Crippen molar-refractivity contribution in [2.75, 3.05) is 5.88 Å². The molecule has 0 bridgehead atoms. The van der Waals surface area contributed by atoms with Crippen LogP contribution in [0.1, 0.15) is 23.7 Å². The van der Waals surface area contributed by atoms with E-state index in [0.717, 1.165) is 18.2 Å². The van der Waals surface area contributed by atoms with E-state index in [1.807, 2.05) is 0 Å². The maximum atomic E-state index is 12.8. The molecule has 0 saturated heterocycles. The maximum absolute atomic E-state index is 12.8. The van der Waals surface area contributed by atoms with Crippen LogP contribution < -0.4 is 5.32 Å². The smallest absolute Gasteiger partial charge is 0.251 e. The van der Waals surface area contributed by atoms with Crippen LogP contribution in [0.4, 0.5) is 8.78 Å². The van der Waals surface area contributed by atoms with Crippen LogP contribution in [0.5, 0.6) is 0 Å². The van der Waals surface area contributed by atoms with Crippen molar-refractivity contribution in [2.24, 2.45) is 0 Å². The van der Waals surface area contributed by atoms with Gasteiger partial charge < -0.3 is 5.32 Å². The summed E-state index contributed by atoms with van der Waals surface area (Å²) in [5.41, 5.74) is -0.0288. The van der Waals surface area contributed by atoms with E-state index in [9.17, 15) is 13.6 Å². The number of rotatable bonds is 4. The Morgan fingerprint density at radius 2 is 1.94 bits per heavy atom. The molecule has 0 aliphatic heterocycles. The summed E-state index contributed by atoms with van der Waals surface area (Å²) in [6.45, 7) is 1.77. The second-order valence-corrected chi connectivity index (χ2v) is 3.89. The predicted molar refractivity (Wildman–Crippen MR) is 58.6 cm³/mol. The van der Waals surface area contributed by atoms with Gasteiger partial charge in [0.15, 0.2) is 0 Å². The molecule has 0 radical (unpaired) electrons. The van der Waals surface area contributed by atoms with Gasteiger partial charge in [0, 0.05) is 23.6 Å². The molecule has 5 heteroatoms. The summed E-state index contributed by atoms with van der Waals surface area (Å²) in [5.74, 6) is -1.62. The molecule has 1 unspecified atom stereocenters. The van der Waals surface area contributed by atoms with Gasteiger partial charge in [-0.15, -0.1) is 11.6 Å². The summed E-state index contributed by atoms with van der Waals surface area (Å²) >= 11 is 5.51. The van der Waals surface area contributed by atoms with Gasteiger partial charge in [-0.05, 0) is 25.5 Å². The summed E-state index contributed by atoms with van der Waals surface area (Å²) < 4.78 is 25.7.